The molecule has 0 N–H and O–H groups in total. The molecule has 1 aromatic rings. The number of ether oxygens (including phenoxy) is 1. The van der Waals surface area contributed by atoms with Gasteiger partial charge in [-0.3, -0.25) is 0 Å². The van der Waals surface area contributed by atoms with Crippen molar-refractivity contribution in [2.75, 3.05) is 6.61 Å². The minimum absolute atomic E-state index is 0.0569. The van der Waals surface area contributed by atoms with Gasteiger partial charge in [0.15, 0.2) is 6.61 Å². The minimum atomic E-state index is -0.462. The van der Waals surface area contributed by atoms with Crippen molar-refractivity contribution in [2.24, 2.45) is 0 Å². The summed E-state index contributed by atoms with van der Waals surface area (Å²) in [5.41, 5.74) is 0.896. The fourth-order valence-corrected chi connectivity index (χ4v) is 1.03. The Morgan fingerprint density at radius 2 is 2.06 bits per heavy atom. The van der Waals surface area contributed by atoms with Gasteiger partial charge in [-0.1, -0.05) is 48.5 Å². The molecule has 1 rings (SSSR count). The highest BCUT2D eigenvalue weighted by Gasteiger charge is 1.91. The molecule has 0 amide bonds. The molecule has 0 fully saturated rings. The van der Waals surface area contributed by atoms with Crippen molar-refractivity contribution in [2.45, 2.75) is 0 Å². The maximum atomic E-state index is 11.1. The third-order valence-corrected chi connectivity index (χ3v) is 1.78. The molecule has 18 heavy (non-hydrogen) atoms. The number of carbonyl (C=O) groups excluding carboxylic acids is 1. The summed E-state index contributed by atoms with van der Waals surface area (Å²) in [6.07, 6.45) is 4.16. The highest BCUT2D eigenvalue weighted by atomic mass is 16.5. The monoisotopic (exact) mass is 236 g/mol. The summed E-state index contributed by atoms with van der Waals surface area (Å²) in [5, 5.41) is 0. The second-order valence-corrected chi connectivity index (χ2v) is 3.10. The first kappa shape index (κ1) is 13.4. The highest BCUT2D eigenvalue weighted by Crippen LogP contribution is 1.94. The smallest absolute Gasteiger partial charge is 0.332 e. The van der Waals surface area contributed by atoms with E-state index in [4.69, 9.17) is 4.74 Å². The van der Waals surface area contributed by atoms with Gasteiger partial charge in [-0.05, 0) is 24.3 Å². The standard InChI is InChI=1S/C16H12O2/c1-2-3-9-14-18-16(17)13-8-7-12-15-10-5-4-6-11-15/h2,4-6,8,10-11,13H,1,14H2/b13-8-. The Kier molecular flexibility index (Phi) is 6.26. The zero-order valence-corrected chi connectivity index (χ0v) is 9.85. The predicted octanol–water partition coefficient (Wildman–Crippen LogP) is 2.33. The molecule has 0 atom stereocenters. The first-order valence-corrected chi connectivity index (χ1v) is 5.32. The molecule has 0 aliphatic rings. The maximum Gasteiger partial charge on any atom is 0.332 e. The van der Waals surface area contributed by atoms with Crippen LogP contribution in [0.1, 0.15) is 5.56 Å². The van der Waals surface area contributed by atoms with E-state index in [9.17, 15) is 4.79 Å². The molecule has 0 saturated carbocycles. The van der Waals surface area contributed by atoms with Gasteiger partial charge in [-0.15, -0.1) is 0 Å². The topological polar surface area (TPSA) is 26.3 Å². The van der Waals surface area contributed by atoms with Gasteiger partial charge in [0.25, 0.3) is 0 Å². The Morgan fingerprint density at radius 3 is 2.78 bits per heavy atom. The van der Waals surface area contributed by atoms with Crippen LogP contribution in [0.25, 0.3) is 0 Å². The van der Waals surface area contributed by atoms with Crippen LogP contribution in [0.4, 0.5) is 0 Å². The second-order valence-electron chi connectivity index (χ2n) is 3.10. The number of allylic oxidation sites excluding steroid dienone is 2. The van der Waals surface area contributed by atoms with Gasteiger partial charge in [0, 0.05) is 11.6 Å². The van der Waals surface area contributed by atoms with Gasteiger partial charge in [0.2, 0.25) is 0 Å². The average molecular weight is 236 g/mol. The summed E-state index contributed by atoms with van der Waals surface area (Å²) in [4.78, 5) is 11.1. The van der Waals surface area contributed by atoms with E-state index in [1.807, 2.05) is 30.3 Å². The van der Waals surface area contributed by atoms with Crippen LogP contribution in [0.5, 0.6) is 0 Å². The van der Waals surface area contributed by atoms with Crippen LogP contribution in [0.2, 0.25) is 0 Å². The third kappa shape index (κ3) is 6.00. The molecule has 0 aliphatic heterocycles. The van der Waals surface area contributed by atoms with Gasteiger partial charge in [-0.25, -0.2) is 4.79 Å². The van der Waals surface area contributed by atoms with Crippen LogP contribution < -0.4 is 0 Å². The fourth-order valence-electron chi connectivity index (χ4n) is 1.03. The molecule has 2 nitrogen and oxygen atoms in total. The summed E-state index contributed by atoms with van der Waals surface area (Å²) in [6, 6.07) is 9.51. The number of hydrogen-bond acceptors (Lipinski definition) is 2. The van der Waals surface area contributed by atoms with Gasteiger partial charge in [-0.2, -0.15) is 0 Å². The van der Waals surface area contributed by atoms with Gasteiger partial charge < -0.3 is 4.74 Å². The molecule has 0 aromatic heterocycles. The van der Waals surface area contributed by atoms with Gasteiger partial charge >= 0.3 is 5.97 Å². The molecule has 0 unspecified atom stereocenters. The average Bonchev–Trinajstić information content (AvgIpc) is 2.41. The lowest BCUT2D eigenvalue weighted by Crippen LogP contribution is -1.99. The van der Waals surface area contributed by atoms with Gasteiger partial charge in [0.05, 0.1) is 0 Å². The number of hydrogen-bond donors (Lipinski definition) is 0. The van der Waals surface area contributed by atoms with E-state index in [-0.39, 0.29) is 6.61 Å². The van der Waals surface area contributed by atoms with E-state index in [2.05, 4.69) is 30.3 Å². The highest BCUT2D eigenvalue weighted by molar-refractivity contribution is 5.82. The third-order valence-electron chi connectivity index (χ3n) is 1.78. The summed E-state index contributed by atoms with van der Waals surface area (Å²) < 4.78 is 4.78. The Balaban J connectivity index is 2.39. The summed E-state index contributed by atoms with van der Waals surface area (Å²) in [7, 11) is 0. The first-order valence-electron chi connectivity index (χ1n) is 5.32. The van der Waals surface area contributed by atoms with Gasteiger partial charge in [0.1, 0.15) is 0 Å². The van der Waals surface area contributed by atoms with E-state index >= 15 is 0 Å². The largest absolute Gasteiger partial charge is 0.449 e. The Morgan fingerprint density at radius 1 is 1.28 bits per heavy atom. The molecular weight excluding hydrogens is 224 g/mol. The van der Waals surface area contributed by atoms with Crippen LogP contribution in [-0.4, -0.2) is 12.6 Å². The van der Waals surface area contributed by atoms with Crippen molar-refractivity contribution < 1.29 is 9.53 Å². The van der Waals surface area contributed by atoms with Crippen molar-refractivity contribution >= 4 is 5.97 Å². The maximum absolute atomic E-state index is 11.1. The van der Waals surface area contributed by atoms with E-state index < -0.39 is 5.97 Å². The van der Waals surface area contributed by atoms with E-state index in [1.165, 1.54) is 18.2 Å². The molecule has 0 bridgehead atoms. The molecule has 88 valence electrons. The molecule has 0 saturated heterocycles. The first-order chi connectivity index (χ1) is 8.83. The normalized spacial score (nSPS) is 8.67. The molecule has 0 radical (unpaired) electrons. The Hall–Kier alpha value is -2.71. The zero-order valence-electron chi connectivity index (χ0n) is 9.85. The number of benzene rings is 1. The van der Waals surface area contributed by atoms with Crippen LogP contribution in [0.3, 0.4) is 0 Å². The van der Waals surface area contributed by atoms with Crippen molar-refractivity contribution in [1.82, 2.24) is 0 Å². The quantitative estimate of drug-likeness (QED) is 0.447. The van der Waals surface area contributed by atoms with Crippen LogP contribution >= 0.6 is 0 Å². The molecule has 0 aliphatic carbocycles. The van der Waals surface area contributed by atoms with Crippen molar-refractivity contribution in [3.8, 4) is 23.7 Å². The SMILES string of the molecule is C=CC#CCOC(=O)/C=C\C#Cc1ccccc1. The van der Waals surface area contributed by atoms with Crippen LogP contribution in [0.15, 0.2) is 55.1 Å². The molecular formula is C16H12O2. The number of esters is 1. The fraction of sp³-hybridized carbons (Fsp3) is 0.0625. The molecule has 0 spiro atoms. The van der Waals surface area contributed by atoms with E-state index in [1.54, 1.807) is 0 Å². The zero-order chi connectivity index (χ0) is 13.1. The predicted molar refractivity (Wildman–Crippen MR) is 71.4 cm³/mol. The summed E-state index contributed by atoms with van der Waals surface area (Å²) in [5.74, 6) is 10.4. The lowest BCUT2D eigenvalue weighted by Gasteiger charge is -1.92. The van der Waals surface area contributed by atoms with Crippen LogP contribution in [-0.2, 0) is 9.53 Å². The second kappa shape index (κ2) is 8.44. The molecule has 1 aromatic carbocycles. The number of rotatable bonds is 2. The van der Waals surface area contributed by atoms with E-state index in [0.29, 0.717) is 0 Å². The Labute approximate surface area is 107 Å². The number of carbonyl (C=O) groups is 1. The van der Waals surface area contributed by atoms with Crippen LogP contribution in [0, 0.1) is 23.7 Å². The minimum Gasteiger partial charge on any atom is -0.449 e. The lowest BCUT2D eigenvalue weighted by atomic mass is 10.2. The Bertz CT molecular complexity index is 545. The molecule has 2 heteroatoms. The van der Waals surface area contributed by atoms with Crippen molar-refractivity contribution in [1.29, 1.82) is 0 Å². The molecule has 0 heterocycles. The lowest BCUT2D eigenvalue weighted by molar-refractivity contribution is -0.136. The van der Waals surface area contributed by atoms with Crippen molar-refractivity contribution in [3.63, 3.8) is 0 Å². The summed E-state index contributed by atoms with van der Waals surface area (Å²) >= 11 is 0. The summed E-state index contributed by atoms with van der Waals surface area (Å²) in [6.45, 7) is 3.48. The van der Waals surface area contributed by atoms with Crippen molar-refractivity contribution in [3.05, 3.63) is 60.7 Å². The van der Waals surface area contributed by atoms with E-state index in [0.717, 1.165) is 5.56 Å².